The highest BCUT2D eigenvalue weighted by Crippen LogP contribution is 2.25. The summed E-state index contributed by atoms with van der Waals surface area (Å²) < 4.78 is 1.33. The molecule has 0 unspecified atom stereocenters. The Balaban J connectivity index is 2.28. The Bertz CT molecular complexity index is 809. The zero-order valence-corrected chi connectivity index (χ0v) is 11.3. The lowest BCUT2D eigenvalue weighted by molar-refractivity contribution is 0.0687. The van der Waals surface area contributed by atoms with Gasteiger partial charge in [-0.2, -0.15) is 5.10 Å². The van der Waals surface area contributed by atoms with Crippen molar-refractivity contribution in [2.45, 2.75) is 6.92 Å². The van der Waals surface area contributed by atoms with Gasteiger partial charge < -0.3 is 5.11 Å². The molecular formula is C14H10ClN3O2. The van der Waals surface area contributed by atoms with Gasteiger partial charge in [-0.1, -0.05) is 23.7 Å². The maximum Gasteiger partial charge on any atom is 0.354 e. The fourth-order valence-corrected chi connectivity index (χ4v) is 2.20. The molecule has 0 spiro atoms. The molecule has 3 aromatic rings. The first-order valence-electron chi connectivity index (χ1n) is 5.91. The van der Waals surface area contributed by atoms with Gasteiger partial charge in [-0.25, -0.2) is 14.3 Å². The van der Waals surface area contributed by atoms with Crippen LogP contribution < -0.4 is 0 Å². The third-order valence-electron chi connectivity index (χ3n) is 2.97. The van der Waals surface area contributed by atoms with E-state index in [0.717, 1.165) is 11.1 Å². The standard InChI is InChI=1S/C14H10ClN3O2/c1-8-6-12(14(19)20)18-13(17-8)11(7-16-18)9-2-4-10(15)5-3-9/h2-7H,1H3,(H,19,20). The minimum Gasteiger partial charge on any atom is -0.477 e. The van der Waals surface area contributed by atoms with Gasteiger partial charge >= 0.3 is 5.97 Å². The molecule has 1 aromatic carbocycles. The van der Waals surface area contributed by atoms with E-state index >= 15 is 0 Å². The number of aryl methyl sites for hydroxylation is 1. The van der Waals surface area contributed by atoms with Crippen LogP contribution in [0.4, 0.5) is 0 Å². The van der Waals surface area contributed by atoms with Crippen molar-refractivity contribution < 1.29 is 9.90 Å². The van der Waals surface area contributed by atoms with Crippen molar-refractivity contribution in [2.75, 3.05) is 0 Å². The quantitative estimate of drug-likeness (QED) is 0.786. The fraction of sp³-hybridized carbons (Fsp3) is 0.0714. The topological polar surface area (TPSA) is 67.5 Å². The van der Waals surface area contributed by atoms with E-state index in [9.17, 15) is 9.90 Å². The van der Waals surface area contributed by atoms with Gasteiger partial charge in [-0.15, -0.1) is 0 Å². The van der Waals surface area contributed by atoms with Gasteiger partial charge in [0, 0.05) is 16.3 Å². The number of hydrogen-bond acceptors (Lipinski definition) is 3. The fourth-order valence-electron chi connectivity index (χ4n) is 2.07. The molecule has 1 N–H and O–H groups in total. The molecule has 5 nitrogen and oxygen atoms in total. The molecule has 2 heterocycles. The molecule has 0 saturated heterocycles. The van der Waals surface area contributed by atoms with E-state index in [-0.39, 0.29) is 5.69 Å². The van der Waals surface area contributed by atoms with Gasteiger partial charge in [0.2, 0.25) is 0 Å². The molecule has 0 amide bonds. The summed E-state index contributed by atoms with van der Waals surface area (Å²) in [5.41, 5.74) is 2.90. The summed E-state index contributed by atoms with van der Waals surface area (Å²) in [6.45, 7) is 1.76. The molecule has 0 aliphatic heterocycles. The zero-order valence-electron chi connectivity index (χ0n) is 10.5. The minimum absolute atomic E-state index is 0.0905. The van der Waals surface area contributed by atoms with Crippen molar-refractivity contribution >= 4 is 23.2 Å². The maximum absolute atomic E-state index is 11.3. The van der Waals surface area contributed by atoms with Gasteiger partial charge in [0.15, 0.2) is 11.3 Å². The smallest absolute Gasteiger partial charge is 0.354 e. The van der Waals surface area contributed by atoms with Crippen LogP contribution in [-0.4, -0.2) is 25.7 Å². The van der Waals surface area contributed by atoms with Crippen LogP contribution in [0.3, 0.4) is 0 Å². The second kappa shape index (κ2) is 4.61. The highest BCUT2D eigenvalue weighted by Gasteiger charge is 2.15. The molecule has 0 aliphatic rings. The third-order valence-corrected chi connectivity index (χ3v) is 3.23. The number of hydrogen-bond donors (Lipinski definition) is 1. The first kappa shape index (κ1) is 12.6. The second-order valence-electron chi connectivity index (χ2n) is 4.39. The molecule has 6 heteroatoms. The van der Waals surface area contributed by atoms with Crippen molar-refractivity contribution in [1.82, 2.24) is 14.6 Å². The number of carboxylic acids is 1. The van der Waals surface area contributed by atoms with Crippen LogP contribution in [0.15, 0.2) is 36.5 Å². The lowest BCUT2D eigenvalue weighted by Crippen LogP contribution is -2.08. The van der Waals surface area contributed by atoms with Crippen LogP contribution in [-0.2, 0) is 0 Å². The molecule has 3 rings (SSSR count). The Kier molecular flexibility index (Phi) is 2.91. The predicted molar refractivity (Wildman–Crippen MR) is 75.1 cm³/mol. The average molecular weight is 288 g/mol. The Labute approximate surface area is 119 Å². The summed E-state index contributed by atoms with van der Waals surface area (Å²) in [5.74, 6) is -1.04. The average Bonchev–Trinajstić information content (AvgIpc) is 2.82. The number of aromatic carboxylic acids is 1. The minimum atomic E-state index is -1.04. The molecule has 0 atom stereocenters. The van der Waals surface area contributed by atoms with Crippen molar-refractivity contribution in [1.29, 1.82) is 0 Å². The van der Waals surface area contributed by atoms with Crippen molar-refractivity contribution in [3.63, 3.8) is 0 Å². The van der Waals surface area contributed by atoms with Gasteiger partial charge in [-0.05, 0) is 30.7 Å². The highest BCUT2D eigenvalue weighted by molar-refractivity contribution is 6.30. The van der Waals surface area contributed by atoms with E-state index in [4.69, 9.17) is 11.6 Å². The van der Waals surface area contributed by atoms with Crippen LogP contribution in [0.25, 0.3) is 16.8 Å². The van der Waals surface area contributed by atoms with Crippen molar-refractivity contribution in [2.24, 2.45) is 0 Å². The van der Waals surface area contributed by atoms with E-state index in [1.54, 1.807) is 25.3 Å². The molecule has 20 heavy (non-hydrogen) atoms. The largest absolute Gasteiger partial charge is 0.477 e. The molecule has 0 fully saturated rings. The van der Waals surface area contributed by atoms with E-state index in [1.807, 2.05) is 12.1 Å². The Morgan fingerprint density at radius 1 is 1.30 bits per heavy atom. The van der Waals surface area contributed by atoms with Gasteiger partial charge in [0.05, 0.1) is 6.20 Å². The summed E-state index contributed by atoms with van der Waals surface area (Å²) in [7, 11) is 0. The Morgan fingerprint density at radius 3 is 2.65 bits per heavy atom. The third kappa shape index (κ3) is 2.02. The van der Waals surface area contributed by atoms with Crippen LogP contribution >= 0.6 is 11.6 Å². The molecular weight excluding hydrogens is 278 g/mol. The highest BCUT2D eigenvalue weighted by atomic mass is 35.5. The van der Waals surface area contributed by atoms with E-state index in [0.29, 0.717) is 16.4 Å². The first-order valence-corrected chi connectivity index (χ1v) is 6.28. The van der Waals surface area contributed by atoms with Crippen LogP contribution in [0.1, 0.15) is 16.2 Å². The van der Waals surface area contributed by atoms with Gasteiger partial charge in [-0.3, -0.25) is 0 Å². The molecule has 2 aromatic heterocycles. The summed E-state index contributed by atoms with van der Waals surface area (Å²) in [6.07, 6.45) is 1.61. The number of fused-ring (bicyclic) bond motifs is 1. The monoisotopic (exact) mass is 287 g/mol. The van der Waals surface area contributed by atoms with Gasteiger partial charge in [0.1, 0.15) is 0 Å². The summed E-state index contributed by atoms with van der Waals surface area (Å²) in [6, 6.07) is 8.74. The second-order valence-corrected chi connectivity index (χ2v) is 4.82. The SMILES string of the molecule is Cc1cc(C(=O)O)n2ncc(-c3ccc(Cl)cc3)c2n1. The normalized spacial score (nSPS) is 10.9. The Morgan fingerprint density at radius 2 is 2.00 bits per heavy atom. The predicted octanol–water partition coefficient (Wildman–Crippen LogP) is 3.06. The summed E-state index contributed by atoms with van der Waals surface area (Å²) >= 11 is 5.87. The number of carboxylic acid groups (broad SMARTS) is 1. The maximum atomic E-state index is 11.3. The van der Waals surface area contributed by atoms with Gasteiger partial charge in [0.25, 0.3) is 0 Å². The van der Waals surface area contributed by atoms with E-state index in [2.05, 4.69) is 10.1 Å². The number of rotatable bonds is 2. The first-order chi connectivity index (χ1) is 9.56. The number of carbonyl (C=O) groups is 1. The summed E-state index contributed by atoms with van der Waals surface area (Å²) in [4.78, 5) is 15.6. The molecule has 0 radical (unpaired) electrons. The van der Waals surface area contributed by atoms with E-state index < -0.39 is 5.97 Å². The zero-order chi connectivity index (χ0) is 14.3. The number of aromatic nitrogens is 3. The molecule has 0 aliphatic carbocycles. The lowest BCUT2D eigenvalue weighted by Gasteiger charge is -2.03. The van der Waals surface area contributed by atoms with Crippen LogP contribution in [0.5, 0.6) is 0 Å². The Hall–Kier alpha value is -2.40. The molecule has 100 valence electrons. The van der Waals surface area contributed by atoms with Crippen molar-refractivity contribution in [3.05, 3.63) is 52.9 Å². The molecule has 0 saturated carbocycles. The van der Waals surface area contributed by atoms with E-state index in [1.165, 1.54) is 10.6 Å². The van der Waals surface area contributed by atoms with Crippen molar-refractivity contribution in [3.8, 4) is 11.1 Å². The summed E-state index contributed by atoms with van der Waals surface area (Å²) in [5, 5.41) is 14.0. The number of benzene rings is 1. The molecule has 0 bridgehead atoms. The number of halogens is 1. The lowest BCUT2D eigenvalue weighted by atomic mass is 10.1. The van der Waals surface area contributed by atoms with Crippen LogP contribution in [0, 0.1) is 6.92 Å². The van der Waals surface area contributed by atoms with Crippen LogP contribution in [0.2, 0.25) is 5.02 Å². The number of nitrogens with zero attached hydrogens (tertiary/aromatic N) is 3.